The molecule has 26 heavy (non-hydrogen) atoms. The lowest BCUT2D eigenvalue weighted by atomic mass is 10.1. The average molecular weight is 348 g/mol. The van der Waals surface area contributed by atoms with Gasteiger partial charge in [0.2, 0.25) is 0 Å². The number of aromatic nitrogens is 2. The Morgan fingerprint density at radius 3 is 2.69 bits per heavy atom. The van der Waals surface area contributed by atoms with E-state index >= 15 is 0 Å². The average Bonchev–Trinajstić information content (AvgIpc) is 3.20. The Labute approximate surface area is 151 Å². The van der Waals surface area contributed by atoms with Crippen LogP contribution in [0, 0.1) is 5.41 Å². The lowest BCUT2D eigenvalue weighted by Crippen LogP contribution is -2.26. The number of ether oxygens (including phenoxy) is 1. The zero-order valence-electron chi connectivity index (χ0n) is 14.7. The van der Waals surface area contributed by atoms with E-state index in [1.807, 2.05) is 42.5 Å². The van der Waals surface area contributed by atoms with Crippen molar-refractivity contribution in [2.24, 2.45) is 0 Å². The summed E-state index contributed by atoms with van der Waals surface area (Å²) in [5, 5.41) is 19.0. The molecule has 0 atom stereocenters. The molecule has 2 heterocycles. The third-order valence-electron chi connectivity index (χ3n) is 4.69. The van der Waals surface area contributed by atoms with E-state index < -0.39 is 0 Å². The Balaban J connectivity index is 1.68. The zero-order chi connectivity index (χ0) is 18.3. The van der Waals surface area contributed by atoms with E-state index in [-0.39, 0.29) is 18.1 Å². The van der Waals surface area contributed by atoms with Crippen LogP contribution >= 0.6 is 0 Å². The molecule has 0 aliphatic carbocycles. The smallest absolute Gasteiger partial charge is 0.145 e. The summed E-state index contributed by atoms with van der Waals surface area (Å²) in [5.41, 5.74) is 4.12. The minimum atomic E-state index is 0.139. The lowest BCUT2D eigenvalue weighted by molar-refractivity contribution is 0.411. The van der Waals surface area contributed by atoms with Gasteiger partial charge in [-0.25, -0.2) is 4.98 Å². The fourth-order valence-corrected chi connectivity index (χ4v) is 3.19. The van der Waals surface area contributed by atoms with Crippen molar-refractivity contribution in [1.82, 2.24) is 9.97 Å². The van der Waals surface area contributed by atoms with Gasteiger partial charge in [-0.2, -0.15) is 0 Å². The second kappa shape index (κ2) is 6.22. The number of fused-ring (bicyclic) bond motifs is 1. The molecule has 3 aromatic rings. The van der Waals surface area contributed by atoms with Crippen LogP contribution in [0.5, 0.6) is 5.75 Å². The molecule has 1 aliphatic heterocycles. The Kier molecular flexibility index (Phi) is 3.88. The molecule has 0 radical (unpaired) electrons. The highest BCUT2D eigenvalue weighted by atomic mass is 16.5. The van der Waals surface area contributed by atoms with Crippen molar-refractivity contribution in [3.05, 3.63) is 59.6 Å². The number of aromatic amines is 1. The summed E-state index contributed by atoms with van der Waals surface area (Å²) in [7, 11) is 1.61. The molecule has 0 amide bonds. The number of nitrogens with one attached hydrogen (secondary N) is 2. The van der Waals surface area contributed by atoms with Crippen LogP contribution in [0.3, 0.4) is 0 Å². The van der Waals surface area contributed by atoms with Gasteiger partial charge in [-0.1, -0.05) is 19.1 Å². The van der Waals surface area contributed by atoms with E-state index in [1.165, 1.54) is 5.56 Å². The molecule has 0 saturated heterocycles. The minimum absolute atomic E-state index is 0.139. The maximum absolute atomic E-state index is 10.5. The minimum Gasteiger partial charge on any atom is -0.509 e. The first-order chi connectivity index (χ1) is 12.6. The highest BCUT2D eigenvalue weighted by molar-refractivity contribution is 6.30. The van der Waals surface area contributed by atoms with Crippen molar-refractivity contribution in [3.8, 4) is 5.75 Å². The SMILES string of the molecule is CCc1ccc(N2CC(O)=C(c3nc4ccc(OC)cc4[nH]3)C2=N)cc1. The van der Waals surface area contributed by atoms with E-state index in [4.69, 9.17) is 10.1 Å². The molecule has 6 heteroatoms. The molecule has 0 spiro atoms. The number of aryl methyl sites for hydroxylation is 1. The molecule has 0 saturated carbocycles. The van der Waals surface area contributed by atoms with Crippen LogP contribution in [0.1, 0.15) is 18.3 Å². The van der Waals surface area contributed by atoms with Crippen molar-refractivity contribution in [2.45, 2.75) is 13.3 Å². The summed E-state index contributed by atoms with van der Waals surface area (Å²) in [6.45, 7) is 2.37. The van der Waals surface area contributed by atoms with Crippen LogP contribution in [0.15, 0.2) is 48.2 Å². The number of anilines is 1. The molecule has 1 aliphatic rings. The van der Waals surface area contributed by atoms with Gasteiger partial charge in [0, 0.05) is 11.8 Å². The molecule has 4 rings (SSSR count). The van der Waals surface area contributed by atoms with Crippen molar-refractivity contribution in [3.63, 3.8) is 0 Å². The second-order valence-electron chi connectivity index (χ2n) is 6.24. The summed E-state index contributed by atoms with van der Waals surface area (Å²) in [5.74, 6) is 1.59. The Morgan fingerprint density at radius 1 is 1.23 bits per heavy atom. The van der Waals surface area contributed by atoms with E-state index in [0.717, 1.165) is 28.9 Å². The monoisotopic (exact) mass is 348 g/mol. The number of methoxy groups -OCH3 is 1. The maximum Gasteiger partial charge on any atom is 0.145 e. The number of aliphatic hydroxyl groups is 1. The van der Waals surface area contributed by atoms with E-state index in [9.17, 15) is 5.11 Å². The second-order valence-corrected chi connectivity index (χ2v) is 6.24. The Hall–Kier alpha value is -3.28. The lowest BCUT2D eigenvalue weighted by Gasteiger charge is -2.18. The van der Waals surface area contributed by atoms with Crippen molar-refractivity contribution < 1.29 is 9.84 Å². The molecule has 132 valence electrons. The number of aliphatic hydroxyl groups excluding tert-OH is 1. The van der Waals surface area contributed by atoms with Gasteiger partial charge < -0.3 is 19.7 Å². The third kappa shape index (κ3) is 2.60. The van der Waals surface area contributed by atoms with Gasteiger partial charge in [0.25, 0.3) is 0 Å². The van der Waals surface area contributed by atoms with Crippen LogP contribution in [0.25, 0.3) is 16.6 Å². The third-order valence-corrected chi connectivity index (χ3v) is 4.69. The number of H-pyrrole nitrogens is 1. The first-order valence-corrected chi connectivity index (χ1v) is 8.52. The van der Waals surface area contributed by atoms with Crippen LogP contribution in [-0.2, 0) is 6.42 Å². The number of imidazole rings is 1. The van der Waals surface area contributed by atoms with Gasteiger partial charge in [0.1, 0.15) is 23.2 Å². The summed E-state index contributed by atoms with van der Waals surface area (Å²) >= 11 is 0. The summed E-state index contributed by atoms with van der Waals surface area (Å²) in [4.78, 5) is 9.49. The summed E-state index contributed by atoms with van der Waals surface area (Å²) < 4.78 is 5.23. The number of hydrogen-bond acceptors (Lipinski definition) is 4. The van der Waals surface area contributed by atoms with Crippen LogP contribution < -0.4 is 9.64 Å². The fraction of sp³-hybridized carbons (Fsp3) is 0.200. The first kappa shape index (κ1) is 16.2. The number of nitrogens with zero attached hydrogens (tertiary/aromatic N) is 2. The van der Waals surface area contributed by atoms with Gasteiger partial charge in [0.15, 0.2) is 0 Å². The largest absolute Gasteiger partial charge is 0.509 e. The predicted molar refractivity (Wildman–Crippen MR) is 103 cm³/mol. The van der Waals surface area contributed by atoms with Crippen LogP contribution in [-0.4, -0.2) is 34.6 Å². The Bertz CT molecular complexity index is 1020. The van der Waals surface area contributed by atoms with E-state index in [2.05, 4.69) is 16.9 Å². The zero-order valence-corrected chi connectivity index (χ0v) is 14.7. The summed E-state index contributed by atoms with van der Waals surface area (Å²) in [6.07, 6.45) is 0.967. The predicted octanol–water partition coefficient (Wildman–Crippen LogP) is 3.90. The van der Waals surface area contributed by atoms with Gasteiger partial charge in [0.05, 0.1) is 30.3 Å². The van der Waals surface area contributed by atoms with Gasteiger partial charge in [-0.05, 0) is 36.2 Å². The normalized spacial score (nSPS) is 14.5. The molecule has 0 fully saturated rings. The highest BCUT2D eigenvalue weighted by Gasteiger charge is 2.31. The molecule has 0 unspecified atom stereocenters. The Morgan fingerprint density at radius 2 is 2.00 bits per heavy atom. The first-order valence-electron chi connectivity index (χ1n) is 8.52. The molecule has 1 aromatic heterocycles. The molecule has 3 N–H and O–H groups in total. The van der Waals surface area contributed by atoms with E-state index in [0.29, 0.717) is 11.4 Å². The molecule has 6 nitrogen and oxygen atoms in total. The topological polar surface area (TPSA) is 85.2 Å². The van der Waals surface area contributed by atoms with Gasteiger partial charge >= 0.3 is 0 Å². The number of amidine groups is 1. The maximum atomic E-state index is 10.5. The standard InChI is InChI=1S/C20H20N4O2/c1-3-12-4-6-13(7-5-12)24-11-17(25)18(19(24)21)20-22-15-9-8-14(26-2)10-16(15)23-20/h4-10,21,25H,3,11H2,1-2H3,(H,22,23). The van der Waals surface area contributed by atoms with Crippen molar-refractivity contribution >= 4 is 28.1 Å². The number of rotatable bonds is 4. The van der Waals surface area contributed by atoms with Crippen LogP contribution in [0.2, 0.25) is 0 Å². The number of benzene rings is 2. The molecular formula is C20H20N4O2. The quantitative estimate of drug-likeness (QED) is 0.667. The van der Waals surface area contributed by atoms with E-state index in [1.54, 1.807) is 12.0 Å². The van der Waals surface area contributed by atoms with Crippen molar-refractivity contribution in [1.29, 1.82) is 5.41 Å². The van der Waals surface area contributed by atoms with Crippen LogP contribution in [0.4, 0.5) is 5.69 Å². The van der Waals surface area contributed by atoms with Crippen molar-refractivity contribution in [2.75, 3.05) is 18.6 Å². The van der Waals surface area contributed by atoms with Gasteiger partial charge in [-0.15, -0.1) is 0 Å². The molecule has 2 aromatic carbocycles. The highest BCUT2D eigenvalue weighted by Crippen LogP contribution is 2.31. The molecular weight excluding hydrogens is 328 g/mol. The molecule has 0 bridgehead atoms. The number of hydrogen-bond donors (Lipinski definition) is 3. The summed E-state index contributed by atoms with van der Waals surface area (Å²) in [6, 6.07) is 13.6. The fourth-order valence-electron chi connectivity index (χ4n) is 3.19. The van der Waals surface area contributed by atoms with Gasteiger partial charge in [-0.3, -0.25) is 5.41 Å².